The zero-order chi connectivity index (χ0) is 19.3. The van der Waals surface area contributed by atoms with Crippen LogP contribution in [0.5, 0.6) is 23.0 Å². The number of hydrogen-bond acceptors (Lipinski definition) is 4. The van der Waals surface area contributed by atoms with Crippen molar-refractivity contribution in [2.75, 3.05) is 0 Å². The Morgan fingerprint density at radius 3 is 0.893 bits per heavy atom. The first-order valence-electron chi connectivity index (χ1n) is 8.80. The molecule has 0 bridgehead atoms. The van der Waals surface area contributed by atoms with Crippen molar-refractivity contribution in [3.8, 4) is 34.1 Å². The minimum Gasteiger partial charge on any atom is -0.457 e. The van der Waals surface area contributed by atoms with E-state index in [2.05, 4.69) is 25.3 Å². The molecule has 2 nitrogen and oxygen atoms in total. The largest absolute Gasteiger partial charge is 0.457 e. The lowest BCUT2D eigenvalue weighted by molar-refractivity contribution is 0.482. The lowest BCUT2D eigenvalue weighted by atomic mass is 10.1. The lowest BCUT2D eigenvalue weighted by Gasteiger charge is -2.09. The summed E-state index contributed by atoms with van der Waals surface area (Å²) in [5.41, 5.74) is 2.23. The van der Waals surface area contributed by atoms with E-state index in [0.717, 1.165) is 43.9 Å². The van der Waals surface area contributed by atoms with Crippen molar-refractivity contribution < 1.29 is 9.47 Å². The summed E-state index contributed by atoms with van der Waals surface area (Å²) in [6.45, 7) is 0. The number of hydrogen-bond donors (Lipinski definition) is 2. The highest BCUT2D eigenvalue weighted by molar-refractivity contribution is 7.80. The van der Waals surface area contributed by atoms with Crippen molar-refractivity contribution in [2.24, 2.45) is 0 Å². The standard InChI is InChI=1S/C24H18O2S2/c27-23-13-9-21(10-14-23)25-19-5-1-17(2-6-19)18-3-7-20(8-4-18)26-22-11-15-24(28)16-12-22/h1-16,27-28H. The Balaban J connectivity index is 1.43. The molecule has 0 unspecified atom stereocenters. The third-order valence-electron chi connectivity index (χ3n) is 4.19. The summed E-state index contributed by atoms with van der Waals surface area (Å²) in [6, 6.07) is 31.3. The molecule has 0 saturated heterocycles. The molecular weight excluding hydrogens is 384 g/mol. The summed E-state index contributed by atoms with van der Waals surface area (Å²) < 4.78 is 11.7. The van der Waals surface area contributed by atoms with Crippen LogP contribution in [0.3, 0.4) is 0 Å². The van der Waals surface area contributed by atoms with Gasteiger partial charge >= 0.3 is 0 Å². The van der Waals surface area contributed by atoms with Crippen molar-refractivity contribution in [3.05, 3.63) is 97.1 Å². The van der Waals surface area contributed by atoms with Crippen LogP contribution in [-0.4, -0.2) is 0 Å². The highest BCUT2D eigenvalue weighted by atomic mass is 32.1. The second-order valence-electron chi connectivity index (χ2n) is 6.24. The molecule has 0 heterocycles. The van der Waals surface area contributed by atoms with Crippen LogP contribution >= 0.6 is 25.3 Å². The molecule has 0 aliphatic rings. The van der Waals surface area contributed by atoms with E-state index in [0.29, 0.717) is 0 Å². The van der Waals surface area contributed by atoms with Gasteiger partial charge in [-0.15, -0.1) is 25.3 Å². The van der Waals surface area contributed by atoms with Gasteiger partial charge in [-0.25, -0.2) is 0 Å². The Labute approximate surface area is 175 Å². The molecule has 0 fully saturated rings. The second-order valence-corrected chi connectivity index (χ2v) is 7.27. The number of ether oxygens (including phenoxy) is 2. The molecule has 28 heavy (non-hydrogen) atoms. The van der Waals surface area contributed by atoms with Gasteiger partial charge in [0.1, 0.15) is 23.0 Å². The molecule has 0 aliphatic carbocycles. The maximum absolute atomic E-state index is 5.86. The van der Waals surface area contributed by atoms with Crippen molar-refractivity contribution in [2.45, 2.75) is 9.79 Å². The molecule has 0 N–H and O–H groups in total. The molecule has 0 spiro atoms. The molecular formula is C24H18O2S2. The molecule has 0 radical (unpaired) electrons. The zero-order valence-electron chi connectivity index (χ0n) is 14.9. The normalized spacial score (nSPS) is 10.5. The van der Waals surface area contributed by atoms with Gasteiger partial charge < -0.3 is 9.47 Å². The van der Waals surface area contributed by atoms with E-state index in [9.17, 15) is 0 Å². The van der Waals surface area contributed by atoms with Crippen LogP contribution < -0.4 is 9.47 Å². The van der Waals surface area contributed by atoms with Gasteiger partial charge in [0.15, 0.2) is 0 Å². The maximum Gasteiger partial charge on any atom is 0.127 e. The van der Waals surface area contributed by atoms with Crippen molar-refractivity contribution in [3.63, 3.8) is 0 Å². The highest BCUT2D eigenvalue weighted by Crippen LogP contribution is 2.29. The van der Waals surface area contributed by atoms with Gasteiger partial charge in [0.25, 0.3) is 0 Å². The Hall–Kier alpha value is -2.82. The minimum atomic E-state index is 0.790. The summed E-state index contributed by atoms with van der Waals surface area (Å²) in [6.07, 6.45) is 0. The summed E-state index contributed by atoms with van der Waals surface area (Å²) in [5, 5.41) is 0. The van der Waals surface area contributed by atoms with E-state index in [1.807, 2.05) is 97.1 Å². The van der Waals surface area contributed by atoms with Gasteiger partial charge in [-0.2, -0.15) is 0 Å². The van der Waals surface area contributed by atoms with Crippen LogP contribution in [0.4, 0.5) is 0 Å². The fraction of sp³-hybridized carbons (Fsp3) is 0. The molecule has 4 heteroatoms. The van der Waals surface area contributed by atoms with Gasteiger partial charge in [0.05, 0.1) is 0 Å². The van der Waals surface area contributed by atoms with Crippen LogP contribution in [0.15, 0.2) is 107 Å². The predicted molar refractivity (Wildman–Crippen MR) is 119 cm³/mol. The summed E-state index contributed by atoms with van der Waals surface area (Å²) >= 11 is 8.57. The SMILES string of the molecule is Sc1ccc(Oc2ccc(-c3ccc(Oc4ccc(S)cc4)cc3)cc2)cc1. The topological polar surface area (TPSA) is 18.5 Å². The summed E-state index contributed by atoms with van der Waals surface area (Å²) in [5.74, 6) is 3.17. The molecule has 0 saturated carbocycles. The van der Waals surface area contributed by atoms with E-state index < -0.39 is 0 Å². The Kier molecular flexibility index (Phi) is 5.60. The maximum atomic E-state index is 5.86. The first-order valence-corrected chi connectivity index (χ1v) is 9.69. The van der Waals surface area contributed by atoms with E-state index in [1.54, 1.807) is 0 Å². The van der Waals surface area contributed by atoms with Crippen LogP contribution in [0.2, 0.25) is 0 Å². The van der Waals surface area contributed by atoms with Crippen LogP contribution in [0.1, 0.15) is 0 Å². The third kappa shape index (κ3) is 4.71. The van der Waals surface area contributed by atoms with E-state index in [4.69, 9.17) is 9.47 Å². The van der Waals surface area contributed by atoms with Crippen molar-refractivity contribution in [1.82, 2.24) is 0 Å². The number of rotatable bonds is 5. The highest BCUT2D eigenvalue weighted by Gasteiger charge is 2.02. The second kappa shape index (κ2) is 8.46. The monoisotopic (exact) mass is 402 g/mol. The molecule has 138 valence electrons. The van der Waals surface area contributed by atoms with Gasteiger partial charge in [0, 0.05) is 9.79 Å². The molecule has 4 aromatic rings. The third-order valence-corrected chi connectivity index (χ3v) is 4.78. The smallest absolute Gasteiger partial charge is 0.127 e. The van der Waals surface area contributed by atoms with E-state index in [-0.39, 0.29) is 0 Å². The Morgan fingerprint density at radius 1 is 0.357 bits per heavy atom. The van der Waals surface area contributed by atoms with Crippen molar-refractivity contribution in [1.29, 1.82) is 0 Å². The molecule has 4 aromatic carbocycles. The number of benzene rings is 4. The first-order chi connectivity index (χ1) is 13.7. The van der Waals surface area contributed by atoms with Gasteiger partial charge in [-0.3, -0.25) is 0 Å². The molecule has 0 atom stereocenters. The van der Waals surface area contributed by atoms with E-state index in [1.165, 1.54) is 0 Å². The van der Waals surface area contributed by atoms with Gasteiger partial charge in [0.2, 0.25) is 0 Å². The quantitative estimate of drug-likeness (QED) is 0.336. The molecule has 0 aromatic heterocycles. The molecule has 0 aliphatic heterocycles. The minimum absolute atomic E-state index is 0.790. The Bertz CT molecular complexity index is 951. The average molecular weight is 403 g/mol. The Morgan fingerprint density at radius 2 is 0.607 bits per heavy atom. The van der Waals surface area contributed by atoms with Gasteiger partial charge in [-0.05, 0) is 83.9 Å². The zero-order valence-corrected chi connectivity index (χ0v) is 16.7. The molecule has 4 rings (SSSR count). The molecule has 0 amide bonds. The fourth-order valence-corrected chi connectivity index (χ4v) is 3.03. The van der Waals surface area contributed by atoms with Crippen molar-refractivity contribution >= 4 is 25.3 Å². The summed E-state index contributed by atoms with van der Waals surface area (Å²) in [4.78, 5) is 1.82. The average Bonchev–Trinajstić information content (AvgIpc) is 2.73. The fourth-order valence-electron chi connectivity index (χ4n) is 2.73. The first kappa shape index (κ1) is 18.5. The van der Waals surface area contributed by atoms with E-state index >= 15 is 0 Å². The van der Waals surface area contributed by atoms with Crippen LogP contribution in [-0.2, 0) is 0 Å². The van der Waals surface area contributed by atoms with Gasteiger partial charge in [-0.1, -0.05) is 24.3 Å². The van der Waals surface area contributed by atoms with Crippen LogP contribution in [0, 0.1) is 0 Å². The number of thiol groups is 2. The summed E-state index contributed by atoms with van der Waals surface area (Å²) in [7, 11) is 0. The predicted octanol–water partition coefficient (Wildman–Crippen LogP) is 7.52. The lowest BCUT2D eigenvalue weighted by Crippen LogP contribution is -1.86. The van der Waals surface area contributed by atoms with Crippen LogP contribution in [0.25, 0.3) is 11.1 Å².